The Kier molecular flexibility index (Phi) is 2.83. The molecule has 1 aliphatic rings. The van der Waals surface area contributed by atoms with Crippen LogP contribution in [0.3, 0.4) is 0 Å². The van der Waals surface area contributed by atoms with E-state index in [0.717, 1.165) is 17.2 Å². The third kappa shape index (κ3) is 1.90. The first-order valence-corrected chi connectivity index (χ1v) is 6.71. The highest BCUT2D eigenvalue weighted by Gasteiger charge is 2.22. The predicted octanol–water partition coefficient (Wildman–Crippen LogP) is 4.51. The molecule has 0 atom stereocenters. The Morgan fingerprint density at radius 2 is 1.83 bits per heavy atom. The minimum Gasteiger partial charge on any atom is -0.398 e. The summed E-state index contributed by atoms with van der Waals surface area (Å²) in [5, 5.41) is 0. The Balaban J connectivity index is 2.07. The van der Waals surface area contributed by atoms with E-state index in [2.05, 4.69) is 49.4 Å². The molecule has 1 nitrogen and oxygen atoms in total. The molecule has 0 bridgehead atoms. The van der Waals surface area contributed by atoms with Gasteiger partial charge in [0.25, 0.3) is 0 Å². The zero-order valence-electron chi connectivity index (χ0n) is 10.8. The number of anilines is 1. The molecule has 0 aromatic heterocycles. The first-order chi connectivity index (χ1) is 8.75. The van der Waals surface area contributed by atoms with Crippen molar-refractivity contribution < 1.29 is 0 Å². The lowest BCUT2D eigenvalue weighted by molar-refractivity contribution is 0.420. The molecule has 1 aliphatic carbocycles. The average molecular weight is 237 g/mol. The van der Waals surface area contributed by atoms with Crippen molar-refractivity contribution >= 4 is 5.69 Å². The van der Waals surface area contributed by atoms with Gasteiger partial charge in [-0.25, -0.2) is 0 Å². The first-order valence-electron chi connectivity index (χ1n) is 6.71. The van der Waals surface area contributed by atoms with E-state index in [0.29, 0.717) is 0 Å². The molecule has 0 spiro atoms. The Bertz CT molecular complexity index is 568. The summed E-state index contributed by atoms with van der Waals surface area (Å²) >= 11 is 0. The molecular weight excluding hydrogens is 218 g/mol. The monoisotopic (exact) mass is 237 g/mol. The molecule has 0 saturated heterocycles. The standard InChI is InChI=1S/C17H19N/c1-12-9-10-14(11-17(12)18)16-8-3-2-7-15(16)13-5-4-6-13/h2-3,7-11,13H,4-6,18H2,1H3. The predicted molar refractivity (Wildman–Crippen MR) is 77.6 cm³/mol. The zero-order valence-corrected chi connectivity index (χ0v) is 10.8. The van der Waals surface area contributed by atoms with E-state index in [-0.39, 0.29) is 0 Å². The molecule has 92 valence electrons. The van der Waals surface area contributed by atoms with Gasteiger partial charge in [-0.15, -0.1) is 0 Å². The van der Waals surface area contributed by atoms with Gasteiger partial charge in [-0.1, -0.05) is 42.8 Å². The van der Waals surface area contributed by atoms with Crippen LogP contribution in [-0.4, -0.2) is 0 Å². The van der Waals surface area contributed by atoms with Crippen LogP contribution in [0.4, 0.5) is 5.69 Å². The molecule has 3 rings (SSSR count). The highest BCUT2D eigenvalue weighted by Crippen LogP contribution is 2.41. The van der Waals surface area contributed by atoms with Gasteiger partial charge in [0.1, 0.15) is 0 Å². The van der Waals surface area contributed by atoms with Crippen molar-refractivity contribution in [2.45, 2.75) is 32.1 Å². The third-order valence-corrected chi connectivity index (χ3v) is 4.10. The average Bonchev–Trinajstić information content (AvgIpc) is 2.31. The fraction of sp³-hybridized carbons (Fsp3) is 0.294. The molecule has 18 heavy (non-hydrogen) atoms. The zero-order chi connectivity index (χ0) is 12.5. The van der Waals surface area contributed by atoms with Crippen LogP contribution in [0.15, 0.2) is 42.5 Å². The molecule has 0 heterocycles. The Labute approximate surface area is 109 Å². The third-order valence-electron chi connectivity index (χ3n) is 4.10. The van der Waals surface area contributed by atoms with E-state index in [1.807, 2.05) is 0 Å². The number of nitrogen functional groups attached to an aromatic ring is 1. The normalized spacial score (nSPS) is 15.4. The number of rotatable bonds is 2. The number of aryl methyl sites for hydroxylation is 1. The summed E-state index contributed by atoms with van der Waals surface area (Å²) in [6.07, 6.45) is 4.03. The smallest absolute Gasteiger partial charge is 0.0349 e. The van der Waals surface area contributed by atoms with Crippen molar-refractivity contribution in [1.82, 2.24) is 0 Å². The topological polar surface area (TPSA) is 26.0 Å². The van der Waals surface area contributed by atoms with Gasteiger partial charge in [0, 0.05) is 5.69 Å². The van der Waals surface area contributed by atoms with Crippen molar-refractivity contribution in [3.63, 3.8) is 0 Å². The second-order valence-corrected chi connectivity index (χ2v) is 5.29. The van der Waals surface area contributed by atoms with Crippen molar-refractivity contribution in [3.8, 4) is 11.1 Å². The lowest BCUT2D eigenvalue weighted by atomic mass is 9.77. The van der Waals surface area contributed by atoms with Crippen molar-refractivity contribution in [2.24, 2.45) is 0 Å². The van der Waals surface area contributed by atoms with Crippen LogP contribution in [0.2, 0.25) is 0 Å². The fourth-order valence-corrected chi connectivity index (χ4v) is 2.64. The van der Waals surface area contributed by atoms with E-state index in [1.54, 1.807) is 0 Å². The molecule has 1 fully saturated rings. The van der Waals surface area contributed by atoms with Crippen molar-refractivity contribution in [2.75, 3.05) is 5.73 Å². The van der Waals surface area contributed by atoms with E-state index in [9.17, 15) is 0 Å². The van der Waals surface area contributed by atoms with Gasteiger partial charge in [0.2, 0.25) is 0 Å². The largest absolute Gasteiger partial charge is 0.398 e. The Hall–Kier alpha value is -1.76. The van der Waals surface area contributed by atoms with Gasteiger partial charge in [-0.2, -0.15) is 0 Å². The number of hydrogen-bond donors (Lipinski definition) is 1. The minimum absolute atomic E-state index is 0.753. The number of hydrogen-bond acceptors (Lipinski definition) is 1. The maximum Gasteiger partial charge on any atom is 0.0349 e. The van der Waals surface area contributed by atoms with Crippen LogP contribution in [0.1, 0.15) is 36.3 Å². The van der Waals surface area contributed by atoms with Crippen LogP contribution in [0, 0.1) is 6.92 Å². The minimum atomic E-state index is 0.753. The fourth-order valence-electron chi connectivity index (χ4n) is 2.64. The summed E-state index contributed by atoms with van der Waals surface area (Å²) in [6.45, 7) is 2.05. The molecule has 0 unspecified atom stereocenters. The SMILES string of the molecule is Cc1ccc(-c2ccccc2C2CCC2)cc1N. The second kappa shape index (κ2) is 4.49. The molecule has 1 heteroatoms. The second-order valence-electron chi connectivity index (χ2n) is 5.29. The van der Waals surface area contributed by atoms with Gasteiger partial charge in [0.05, 0.1) is 0 Å². The lowest BCUT2D eigenvalue weighted by Gasteiger charge is -2.28. The number of nitrogens with two attached hydrogens (primary N) is 1. The molecule has 2 aromatic rings. The quantitative estimate of drug-likeness (QED) is 0.764. The highest BCUT2D eigenvalue weighted by molar-refractivity contribution is 5.72. The number of benzene rings is 2. The van der Waals surface area contributed by atoms with Crippen LogP contribution < -0.4 is 5.73 Å². The molecule has 0 radical (unpaired) electrons. The molecule has 0 amide bonds. The molecular formula is C17H19N. The van der Waals surface area contributed by atoms with Crippen LogP contribution in [-0.2, 0) is 0 Å². The maximum atomic E-state index is 6.03. The van der Waals surface area contributed by atoms with Gasteiger partial charge in [-0.05, 0) is 54.0 Å². The van der Waals surface area contributed by atoms with Crippen LogP contribution >= 0.6 is 0 Å². The summed E-state index contributed by atoms with van der Waals surface area (Å²) in [4.78, 5) is 0. The van der Waals surface area contributed by atoms with E-state index in [1.165, 1.54) is 36.0 Å². The Morgan fingerprint density at radius 1 is 1.06 bits per heavy atom. The summed E-state index contributed by atoms with van der Waals surface area (Å²) in [5.74, 6) is 0.753. The molecule has 0 aliphatic heterocycles. The van der Waals surface area contributed by atoms with Gasteiger partial charge in [0.15, 0.2) is 0 Å². The summed E-state index contributed by atoms with van der Waals surface area (Å²) in [5.41, 5.74) is 12.2. The summed E-state index contributed by atoms with van der Waals surface area (Å²) < 4.78 is 0. The van der Waals surface area contributed by atoms with Crippen molar-refractivity contribution in [1.29, 1.82) is 0 Å². The summed E-state index contributed by atoms with van der Waals surface area (Å²) in [7, 11) is 0. The van der Waals surface area contributed by atoms with Crippen molar-refractivity contribution in [3.05, 3.63) is 53.6 Å². The summed E-state index contributed by atoms with van der Waals surface area (Å²) in [6, 6.07) is 15.2. The van der Waals surface area contributed by atoms with E-state index in [4.69, 9.17) is 5.73 Å². The first kappa shape index (κ1) is 11.3. The Morgan fingerprint density at radius 3 is 2.50 bits per heavy atom. The van der Waals surface area contributed by atoms with E-state index < -0.39 is 0 Å². The van der Waals surface area contributed by atoms with Gasteiger partial charge in [-0.3, -0.25) is 0 Å². The molecule has 2 aromatic carbocycles. The highest BCUT2D eigenvalue weighted by atomic mass is 14.6. The van der Waals surface area contributed by atoms with Crippen LogP contribution in [0.25, 0.3) is 11.1 Å². The van der Waals surface area contributed by atoms with Gasteiger partial charge >= 0.3 is 0 Å². The van der Waals surface area contributed by atoms with Gasteiger partial charge < -0.3 is 5.73 Å². The maximum absolute atomic E-state index is 6.03. The van der Waals surface area contributed by atoms with E-state index >= 15 is 0 Å². The van der Waals surface area contributed by atoms with Crippen LogP contribution in [0.5, 0.6) is 0 Å². The lowest BCUT2D eigenvalue weighted by Crippen LogP contribution is -2.09. The molecule has 1 saturated carbocycles. The molecule has 2 N–H and O–H groups in total.